The fourth-order valence-corrected chi connectivity index (χ4v) is 2.99. The summed E-state index contributed by atoms with van der Waals surface area (Å²) in [5.74, 6) is 0.706. The molecule has 1 atom stereocenters. The van der Waals surface area contributed by atoms with E-state index in [1.54, 1.807) is 12.1 Å². The van der Waals surface area contributed by atoms with E-state index in [9.17, 15) is 4.39 Å². The first-order chi connectivity index (χ1) is 8.29. The minimum absolute atomic E-state index is 0.121. The molecule has 0 aliphatic heterocycles. The summed E-state index contributed by atoms with van der Waals surface area (Å²) in [6.45, 7) is 0. The van der Waals surface area contributed by atoms with Gasteiger partial charge in [-0.1, -0.05) is 25.0 Å². The second kappa shape index (κ2) is 6.15. The molecule has 0 radical (unpaired) electrons. The Balaban J connectivity index is 1.87. The average Bonchev–Trinajstić information content (AvgIpc) is 2.84. The highest BCUT2D eigenvalue weighted by molar-refractivity contribution is 5.16. The molecule has 1 aromatic rings. The van der Waals surface area contributed by atoms with Crippen LogP contribution in [-0.4, -0.2) is 13.1 Å². The van der Waals surface area contributed by atoms with Crippen LogP contribution in [0.1, 0.15) is 37.7 Å². The van der Waals surface area contributed by atoms with E-state index < -0.39 is 0 Å². The van der Waals surface area contributed by atoms with Crippen molar-refractivity contribution in [1.82, 2.24) is 5.32 Å². The molecule has 0 spiro atoms. The zero-order chi connectivity index (χ0) is 12.1. The fraction of sp³-hybridized carbons (Fsp3) is 0.600. The highest BCUT2D eigenvalue weighted by Crippen LogP contribution is 2.29. The smallest absolute Gasteiger partial charge is 0.123 e. The van der Waals surface area contributed by atoms with Gasteiger partial charge >= 0.3 is 0 Å². The van der Waals surface area contributed by atoms with Crippen LogP contribution in [0.5, 0.6) is 0 Å². The van der Waals surface area contributed by atoms with Crippen LogP contribution >= 0.6 is 0 Å². The molecule has 0 saturated heterocycles. The molecule has 1 N–H and O–H groups in total. The van der Waals surface area contributed by atoms with Crippen molar-refractivity contribution in [3.63, 3.8) is 0 Å². The third kappa shape index (κ3) is 3.53. The molecule has 1 fully saturated rings. The Hall–Kier alpha value is -0.890. The maximum atomic E-state index is 13.1. The molecule has 1 aliphatic rings. The summed E-state index contributed by atoms with van der Waals surface area (Å²) in [7, 11) is 2.05. The van der Waals surface area contributed by atoms with E-state index >= 15 is 0 Å². The van der Waals surface area contributed by atoms with Gasteiger partial charge in [0.2, 0.25) is 0 Å². The SMILES string of the molecule is CNC(CCc1cccc(F)c1)C1CCCC1. The molecule has 2 heteroatoms. The van der Waals surface area contributed by atoms with Crippen LogP contribution in [0, 0.1) is 11.7 Å². The quantitative estimate of drug-likeness (QED) is 0.823. The molecule has 0 aromatic heterocycles. The molecule has 1 saturated carbocycles. The summed E-state index contributed by atoms with van der Waals surface area (Å²) < 4.78 is 13.1. The Labute approximate surface area is 103 Å². The van der Waals surface area contributed by atoms with Crippen molar-refractivity contribution >= 4 is 0 Å². The van der Waals surface area contributed by atoms with E-state index in [4.69, 9.17) is 0 Å². The topological polar surface area (TPSA) is 12.0 Å². The number of hydrogen-bond acceptors (Lipinski definition) is 1. The lowest BCUT2D eigenvalue weighted by molar-refractivity contribution is 0.360. The summed E-state index contributed by atoms with van der Waals surface area (Å²) in [4.78, 5) is 0. The molecule has 17 heavy (non-hydrogen) atoms. The van der Waals surface area contributed by atoms with E-state index in [2.05, 4.69) is 12.4 Å². The molecule has 1 aromatic carbocycles. The highest BCUT2D eigenvalue weighted by Gasteiger charge is 2.23. The number of aryl methyl sites for hydroxylation is 1. The van der Waals surface area contributed by atoms with E-state index in [0.717, 1.165) is 24.3 Å². The third-order valence-electron chi connectivity index (χ3n) is 3.97. The number of benzene rings is 1. The molecule has 0 amide bonds. The van der Waals surface area contributed by atoms with Crippen LogP contribution in [0.4, 0.5) is 4.39 Å². The molecular formula is C15H22FN. The number of hydrogen-bond donors (Lipinski definition) is 1. The van der Waals surface area contributed by atoms with Gasteiger partial charge in [0.05, 0.1) is 0 Å². The van der Waals surface area contributed by atoms with Gasteiger partial charge in [-0.15, -0.1) is 0 Å². The molecule has 1 nitrogen and oxygen atoms in total. The minimum atomic E-state index is -0.121. The van der Waals surface area contributed by atoms with E-state index in [1.807, 2.05) is 6.07 Å². The van der Waals surface area contributed by atoms with Gasteiger partial charge in [0.25, 0.3) is 0 Å². The Bertz CT molecular complexity index is 345. The third-order valence-corrected chi connectivity index (χ3v) is 3.97. The standard InChI is InChI=1S/C15H22FN/c1-17-15(13-6-2-3-7-13)10-9-12-5-4-8-14(16)11-12/h4-5,8,11,13,15,17H,2-3,6-7,9-10H2,1H3. The fourth-order valence-electron chi connectivity index (χ4n) is 2.99. The summed E-state index contributed by atoms with van der Waals surface area (Å²) in [6.07, 6.45) is 7.55. The van der Waals surface area contributed by atoms with E-state index in [-0.39, 0.29) is 5.82 Å². The normalized spacial score (nSPS) is 18.5. The van der Waals surface area contributed by atoms with Gasteiger partial charge in [-0.2, -0.15) is 0 Å². The molecule has 0 bridgehead atoms. The van der Waals surface area contributed by atoms with Crippen molar-refractivity contribution in [2.45, 2.75) is 44.6 Å². The van der Waals surface area contributed by atoms with Crippen LogP contribution < -0.4 is 5.32 Å². The van der Waals surface area contributed by atoms with Crippen molar-refractivity contribution in [3.05, 3.63) is 35.6 Å². The van der Waals surface area contributed by atoms with Crippen molar-refractivity contribution in [1.29, 1.82) is 0 Å². The summed E-state index contributed by atoms with van der Waals surface area (Å²) >= 11 is 0. The van der Waals surface area contributed by atoms with Gasteiger partial charge < -0.3 is 5.32 Å². The Kier molecular flexibility index (Phi) is 4.55. The Morgan fingerprint density at radius 3 is 2.76 bits per heavy atom. The van der Waals surface area contributed by atoms with Gasteiger partial charge in [-0.3, -0.25) is 0 Å². The lowest BCUT2D eigenvalue weighted by Gasteiger charge is -2.22. The monoisotopic (exact) mass is 235 g/mol. The predicted octanol–water partition coefficient (Wildman–Crippen LogP) is 3.54. The van der Waals surface area contributed by atoms with E-state index in [1.165, 1.54) is 31.7 Å². The van der Waals surface area contributed by atoms with E-state index in [0.29, 0.717) is 6.04 Å². The second-order valence-corrected chi connectivity index (χ2v) is 5.11. The lowest BCUT2D eigenvalue weighted by Crippen LogP contribution is -2.32. The lowest BCUT2D eigenvalue weighted by atomic mass is 9.92. The van der Waals surface area contributed by atoms with Crippen molar-refractivity contribution in [2.75, 3.05) is 7.05 Å². The average molecular weight is 235 g/mol. The van der Waals surface area contributed by atoms with Gasteiger partial charge in [0.1, 0.15) is 5.82 Å². The van der Waals surface area contributed by atoms with Crippen LogP contribution in [0.25, 0.3) is 0 Å². The predicted molar refractivity (Wildman–Crippen MR) is 69.5 cm³/mol. The highest BCUT2D eigenvalue weighted by atomic mass is 19.1. The first-order valence-electron chi connectivity index (χ1n) is 6.71. The van der Waals surface area contributed by atoms with Crippen molar-refractivity contribution < 1.29 is 4.39 Å². The molecule has 94 valence electrons. The minimum Gasteiger partial charge on any atom is -0.317 e. The first kappa shape index (κ1) is 12.6. The summed E-state index contributed by atoms with van der Waals surface area (Å²) in [6, 6.07) is 7.58. The van der Waals surface area contributed by atoms with Gasteiger partial charge in [-0.05, 0) is 56.3 Å². The zero-order valence-corrected chi connectivity index (χ0v) is 10.6. The van der Waals surface area contributed by atoms with Crippen LogP contribution in [0.2, 0.25) is 0 Å². The zero-order valence-electron chi connectivity index (χ0n) is 10.6. The molecule has 1 aliphatic carbocycles. The molecule has 0 heterocycles. The van der Waals surface area contributed by atoms with Crippen molar-refractivity contribution in [2.24, 2.45) is 5.92 Å². The maximum Gasteiger partial charge on any atom is 0.123 e. The maximum absolute atomic E-state index is 13.1. The number of nitrogens with one attached hydrogen (secondary N) is 1. The second-order valence-electron chi connectivity index (χ2n) is 5.11. The van der Waals surface area contributed by atoms with Crippen LogP contribution in [0.3, 0.4) is 0 Å². The largest absolute Gasteiger partial charge is 0.317 e. The molecule has 1 unspecified atom stereocenters. The molecular weight excluding hydrogens is 213 g/mol. The van der Waals surface area contributed by atoms with Crippen LogP contribution in [-0.2, 0) is 6.42 Å². The number of halogens is 1. The number of rotatable bonds is 5. The summed E-state index contributed by atoms with van der Waals surface area (Å²) in [5.41, 5.74) is 1.11. The molecule has 2 rings (SSSR count). The summed E-state index contributed by atoms with van der Waals surface area (Å²) in [5, 5.41) is 3.44. The Morgan fingerprint density at radius 1 is 1.35 bits per heavy atom. The van der Waals surface area contributed by atoms with Crippen molar-refractivity contribution in [3.8, 4) is 0 Å². The van der Waals surface area contributed by atoms with Gasteiger partial charge in [0.15, 0.2) is 0 Å². The van der Waals surface area contributed by atoms with Crippen LogP contribution in [0.15, 0.2) is 24.3 Å². The van der Waals surface area contributed by atoms with Gasteiger partial charge in [-0.25, -0.2) is 4.39 Å². The van der Waals surface area contributed by atoms with Gasteiger partial charge in [0, 0.05) is 6.04 Å². The Morgan fingerprint density at radius 2 is 2.12 bits per heavy atom. The first-order valence-corrected chi connectivity index (χ1v) is 6.71.